The molecule has 2 unspecified atom stereocenters. The van der Waals surface area contributed by atoms with Crippen LogP contribution in [-0.2, 0) is 4.79 Å². The molecule has 1 aliphatic carbocycles. The number of ether oxygens (including phenoxy) is 1. The third-order valence-electron chi connectivity index (χ3n) is 3.71. The maximum absolute atomic E-state index is 12.8. The largest absolute Gasteiger partial charge is 0.490 e. The van der Waals surface area contributed by atoms with Crippen LogP contribution in [0.5, 0.6) is 5.75 Å². The minimum atomic E-state index is -0.914. The standard InChI is InChI=1S/C14H18FNO3/c1-16-14(13(17)18)8-2-3-12(9-14)19-11-6-4-10(15)5-7-11/h4-7,12,16H,2-3,8-9H2,1H3,(H,17,18). The van der Waals surface area contributed by atoms with E-state index in [1.165, 1.54) is 12.1 Å². The maximum Gasteiger partial charge on any atom is 0.324 e. The van der Waals surface area contributed by atoms with Crippen LogP contribution in [0.4, 0.5) is 4.39 Å². The minimum absolute atomic E-state index is 0.164. The Hall–Kier alpha value is -1.62. The molecule has 0 radical (unpaired) electrons. The van der Waals surface area contributed by atoms with Crippen LogP contribution in [0.3, 0.4) is 0 Å². The lowest BCUT2D eigenvalue weighted by molar-refractivity contribution is -0.147. The van der Waals surface area contributed by atoms with Crippen LogP contribution in [0.1, 0.15) is 25.7 Å². The molecule has 2 N–H and O–H groups in total. The second-order valence-corrected chi connectivity index (χ2v) is 4.93. The van der Waals surface area contributed by atoms with Crippen molar-refractivity contribution in [3.63, 3.8) is 0 Å². The molecule has 104 valence electrons. The van der Waals surface area contributed by atoms with Gasteiger partial charge in [-0.1, -0.05) is 0 Å². The molecule has 0 amide bonds. The Balaban J connectivity index is 2.05. The van der Waals surface area contributed by atoms with Crippen molar-refractivity contribution in [2.24, 2.45) is 0 Å². The van der Waals surface area contributed by atoms with E-state index in [9.17, 15) is 14.3 Å². The van der Waals surface area contributed by atoms with Crippen LogP contribution in [0.25, 0.3) is 0 Å². The van der Waals surface area contributed by atoms with Gasteiger partial charge in [-0.3, -0.25) is 4.79 Å². The average molecular weight is 267 g/mol. The van der Waals surface area contributed by atoms with E-state index in [-0.39, 0.29) is 11.9 Å². The zero-order valence-corrected chi connectivity index (χ0v) is 10.9. The molecule has 0 saturated heterocycles. The van der Waals surface area contributed by atoms with E-state index >= 15 is 0 Å². The van der Waals surface area contributed by atoms with Gasteiger partial charge in [0, 0.05) is 6.42 Å². The highest BCUT2D eigenvalue weighted by Crippen LogP contribution is 2.31. The van der Waals surface area contributed by atoms with Crippen molar-refractivity contribution in [1.29, 1.82) is 0 Å². The molecule has 0 heterocycles. The highest BCUT2D eigenvalue weighted by molar-refractivity contribution is 5.79. The van der Waals surface area contributed by atoms with Crippen molar-refractivity contribution in [2.45, 2.75) is 37.3 Å². The van der Waals surface area contributed by atoms with E-state index in [4.69, 9.17) is 4.74 Å². The van der Waals surface area contributed by atoms with E-state index < -0.39 is 11.5 Å². The molecular weight excluding hydrogens is 249 g/mol. The van der Waals surface area contributed by atoms with E-state index in [1.54, 1.807) is 19.2 Å². The molecular formula is C14H18FNO3. The number of nitrogens with one attached hydrogen (secondary N) is 1. The molecule has 1 aromatic rings. The summed E-state index contributed by atoms with van der Waals surface area (Å²) < 4.78 is 18.6. The lowest BCUT2D eigenvalue weighted by Gasteiger charge is -2.37. The van der Waals surface area contributed by atoms with E-state index in [1.807, 2.05) is 0 Å². The molecule has 1 aromatic carbocycles. The van der Waals surface area contributed by atoms with Gasteiger partial charge in [0.15, 0.2) is 0 Å². The fourth-order valence-electron chi connectivity index (χ4n) is 2.56. The Morgan fingerprint density at radius 2 is 2.16 bits per heavy atom. The van der Waals surface area contributed by atoms with Crippen LogP contribution in [-0.4, -0.2) is 29.8 Å². The molecule has 0 aliphatic heterocycles. The van der Waals surface area contributed by atoms with Gasteiger partial charge >= 0.3 is 5.97 Å². The summed E-state index contributed by atoms with van der Waals surface area (Å²) in [5, 5.41) is 12.2. The third kappa shape index (κ3) is 3.04. The van der Waals surface area contributed by atoms with Gasteiger partial charge in [0.25, 0.3) is 0 Å². The van der Waals surface area contributed by atoms with Crippen LogP contribution >= 0.6 is 0 Å². The van der Waals surface area contributed by atoms with E-state index in [2.05, 4.69) is 5.32 Å². The number of hydrogen-bond acceptors (Lipinski definition) is 3. The summed E-state index contributed by atoms with van der Waals surface area (Å²) in [5.74, 6) is -0.586. The second-order valence-electron chi connectivity index (χ2n) is 4.93. The first-order chi connectivity index (χ1) is 9.05. The van der Waals surface area contributed by atoms with Crippen molar-refractivity contribution in [3.05, 3.63) is 30.1 Å². The number of aliphatic carboxylic acids is 1. The quantitative estimate of drug-likeness (QED) is 0.878. The number of hydrogen-bond donors (Lipinski definition) is 2. The van der Waals surface area contributed by atoms with E-state index in [0.717, 1.165) is 12.8 Å². The lowest BCUT2D eigenvalue weighted by Crippen LogP contribution is -2.55. The highest BCUT2D eigenvalue weighted by Gasteiger charge is 2.42. The first kappa shape index (κ1) is 13.8. The summed E-state index contributed by atoms with van der Waals surface area (Å²) in [4.78, 5) is 11.4. The molecule has 1 fully saturated rings. The van der Waals surface area contributed by atoms with Crippen molar-refractivity contribution in [3.8, 4) is 5.75 Å². The molecule has 4 nitrogen and oxygen atoms in total. The number of halogens is 1. The SMILES string of the molecule is CNC1(C(=O)O)CCCC(Oc2ccc(F)cc2)C1. The summed E-state index contributed by atoms with van der Waals surface area (Å²) in [6, 6.07) is 5.79. The van der Waals surface area contributed by atoms with Crippen molar-refractivity contribution >= 4 is 5.97 Å². The van der Waals surface area contributed by atoms with Gasteiger partial charge in [-0.05, 0) is 50.6 Å². The number of rotatable bonds is 4. The number of carbonyl (C=O) groups is 1. The van der Waals surface area contributed by atoms with Gasteiger partial charge in [0.1, 0.15) is 23.2 Å². The summed E-state index contributed by atoms with van der Waals surface area (Å²) in [7, 11) is 1.66. The van der Waals surface area contributed by atoms with Crippen LogP contribution < -0.4 is 10.1 Å². The summed E-state index contributed by atoms with van der Waals surface area (Å²) in [6.45, 7) is 0. The maximum atomic E-state index is 12.8. The van der Waals surface area contributed by atoms with Gasteiger partial charge in [0.2, 0.25) is 0 Å². The molecule has 2 atom stereocenters. The Kier molecular flexibility index (Phi) is 4.04. The molecule has 0 aromatic heterocycles. The zero-order valence-electron chi connectivity index (χ0n) is 10.9. The Morgan fingerprint density at radius 3 is 2.74 bits per heavy atom. The monoisotopic (exact) mass is 267 g/mol. The summed E-state index contributed by atoms with van der Waals surface area (Å²) in [5.41, 5.74) is -0.914. The van der Waals surface area contributed by atoms with Gasteiger partial charge in [-0.25, -0.2) is 4.39 Å². The van der Waals surface area contributed by atoms with Gasteiger partial charge in [-0.15, -0.1) is 0 Å². The highest BCUT2D eigenvalue weighted by atomic mass is 19.1. The zero-order chi connectivity index (χ0) is 13.9. The number of carboxylic acids is 1. The van der Waals surface area contributed by atoms with E-state index in [0.29, 0.717) is 18.6 Å². The van der Waals surface area contributed by atoms with Crippen LogP contribution in [0.15, 0.2) is 24.3 Å². The molecule has 2 rings (SSSR count). The predicted octanol–water partition coefficient (Wildman–Crippen LogP) is 2.19. The van der Waals surface area contributed by atoms with Crippen molar-refractivity contribution in [1.82, 2.24) is 5.32 Å². The summed E-state index contributed by atoms with van der Waals surface area (Å²) >= 11 is 0. The van der Waals surface area contributed by atoms with Crippen molar-refractivity contribution in [2.75, 3.05) is 7.05 Å². The van der Waals surface area contributed by atoms with Crippen LogP contribution in [0, 0.1) is 5.82 Å². The number of carboxylic acid groups (broad SMARTS) is 1. The van der Waals surface area contributed by atoms with Gasteiger partial charge < -0.3 is 15.2 Å². The number of benzene rings is 1. The molecule has 1 saturated carbocycles. The molecule has 5 heteroatoms. The third-order valence-corrected chi connectivity index (χ3v) is 3.71. The molecule has 0 spiro atoms. The molecule has 19 heavy (non-hydrogen) atoms. The number of likely N-dealkylation sites (N-methyl/N-ethyl adjacent to an activating group) is 1. The van der Waals surface area contributed by atoms with Crippen molar-refractivity contribution < 1.29 is 19.0 Å². The normalized spacial score (nSPS) is 26.9. The smallest absolute Gasteiger partial charge is 0.324 e. The lowest BCUT2D eigenvalue weighted by atomic mass is 9.80. The minimum Gasteiger partial charge on any atom is -0.490 e. The molecule has 0 bridgehead atoms. The molecule has 1 aliphatic rings. The Labute approximate surface area is 111 Å². The fraction of sp³-hybridized carbons (Fsp3) is 0.500. The predicted molar refractivity (Wildman–Crippen MR) is 68.7 cm³/mol. The Bertz CT molecular complexity index is 449. The topological polar surface area (TPSA) is 58.6 Å². The fourth-order valence-corrected chi connectivity index (χ4v) is 2.56. The Morgan fingerprint density at radius 1 is 1.47 bits per heavy atom. The average Bonchev–Trinajstić information content (AvgIpc) is 2.41. The first-order valence-corrected chi connectivity index (χ1v) is 6.40. The van der Waals surface area contributed by atoms with Crippen LogP contribution in [0.2, 0.25) is 0 Å². The summed E-state index contributed by atoms with van der Waals surface area (Å²) in [6.07, 6.45) is 2.45. The van der Waals surface area contributed by atoms with Gasteiger partial charge in [0.05, 0.1) is 0 Å². The first-order valence-electron chi connectivity index (χ1n) is 6.40. The van der Waals surface area contributed by atoms with Gasteiger partial charge in [-0.2, -0.15) is 0 Å². The second kappa shape index (κ2) is 5.57.